The zero-order valence-corrected chi connectivity index (χ0v) is 19.1. The number of amides is 1. The number of benzene rings is 2. The van der Waals surface area contributed by atoms with E-state index in [1.54, 1.807) is 0 Å². The number of fused-ring (bicyclic) bond motifs is 3. The molecule has 2 aromatic carbocycles. The highest BCUT2D eigenvalue weighted by molar-refractivity contribution is 8.01. The number of nitrogens with one attached hydrogen (secondary N) is 2. The molecule has 31 heavy (non-hydrogen) atoms. The predicted octanol–water partition coefficient (Wildman–Crippen LogP) is 5.06. The lowest BCUT2D eigenvalue weighted by Crippen LogP contribution is -2.36. The van der Waals surface area contributed by atoms with Gasteiger partial charge in [0.2, 0.25) is 11.0 Å². The molecule has 2 N–H and O–H groups in total. The normalized spacial score (nSPS) is 13.4. The van der Waals surface area contributed by atoms with Crippen LogP contribution >= 0.6 is 23.1 Å². The van der Waals surface area contributed by atoms with Crippen LogP contribution in [-0.2, 0) is 17.8 Å². The third kappa shape index (κ3) is 4.18. The summed E-state index contributed by atoms with van der Waals surface area (Å²) < 4.78 is 0.796. The topological polar surface area (TPSA) is 73.9 Å². The molecule has 0 fully saturated rings. The first-order valence-electron chi connectivity index (χ1n) is 10.2. The molecule has 0 saturated heterocycles. The van der Waals surface area contributed by atoms with Gasteiger partial charge in [-0.2, -0.15) is 0 Å². The number of carbonyl (C=O) groups is 1. The van der Waals surface area contributed by atoms with Crippen LogP contribution in [0.5, 0.6) is 0 Å². The third-order valence-electron chi connectivity index (χ3n) is 5.72. The van der Waals surface area contributed by atoms with Crippen molar-refractivity contribution < 1.29 is 4.79 Å². The molecule has 0 radical (unpaired) electrons. The Kier molecular flexibility index (Phi) is 5.41. The second kappa shape index (κ2) is 8.36. The van der Waals surface area contributed by atoms with E-state index in [1.807, 2.05) is 23.1 Å². The quantitative estimate of drug-likeness (QED) is 0.417. The van der Waals surface area contributed by atoms with Crippen molar-refractivity contribution in [3.63, 3.8) is 0 Å². The van der Waals surface area contributed by atoms with E-state index in [-0.39, 0.29) is 5.91 Å². The van der Waals surface area contributed by atoms with Crippen LogP contribution in [0.15, 0.2) is 46.8 Å². The van der Waals surface area contributed by atoms with Crippen molar-refractivity contribution in [2.45, 2.75) is 31.2 Å². The van der Waals surface area contributed by atoms with Crippen molar-refractivity contribution in [1.82, 2.24) is 20.1 Å². The Labute approximate surface area is 189 Å². The lowest BCUT2D eigenvalue weighted by molar-refractivity contribution is -0.129. The standard InChI is InChI=1S/C23H23N5OS2/c1-14-7-8-16(11-15(14)2)24-22-26-27-23(31-22)30-13-21(29)28-10-9-20-18(12-28)17-5-3-4-6-19(17)25-20/h3-8,11,25H,9-10,12-13H2,1-2H3,(H,24,26). The van der Waals surface area contributed by atoms with Gasteiger partial charge in [-0.3, -0.25) is 4.79 Å². The van der Waals surface area contributed by atoms with E-state index in [2.05, 4.69) is 58.6 Å². The number of hydrogen-bond acceptors (Lipinski definition) is 6. The average molecular weight is 450 g/mol. The number of hydrogen-bond donors (Lipinski definition) is 2. The summed E-state index contributed by atoms with van der Waals surface area (Å²) in [7, 11) is 0. The fourth-order valence-corrected chi connectivity index (χ4v) is 5.53. The van der Waals surface area contributed by atoms with Gasteiger partial charge < -0.3 is 15.2 Å². The van der Waals surface area contributed by atoms with Crippen LogP contribution in [0.2, 0.25) is 0 Å². The number of H-pyrrole nitrogens is 1. The van der Waals surface area contributed by atoms with E-state index in [9.17, 15) is 4.79 Å². The molecule has 1 amide bonds. The minimum atomic E-state index is 0.139. The van der Waals surface area contributed by atoms with Gasteiger partial charge in [0.05, 0.1) is 5.75 Å². The van der Waals surface area contributed by atoms with Crippen molar-refractivity contribution in [2.75, 3.05) is 17.6 Å². The molecule has 1 aliphatic rings. The Hall–Kier alpha value is -2.84. The highest BCUT2D eigenvalue weighted by Crippen LogP contribution is 2.30. The molecule has 3 heterocycles. The maximum Gasteiger partial charge on any atom is 0.233 e. The molecule has 1 aliphatic heterocycles. The summed E-state index contributed by atoms with van der Waals surface area (Å²) in [5, 5.41) is 13.7. The molecule has 5 rings (SSSR count). The molecule has 0 aliphatic carbocycles. The van der Waals surface area contributed by atoms with E-state index in [4.69, 9.17) is 0 Å². The first-order valence-corrected chi connectivity index (χ1v) is 12.0. The monoisotopic (exact) mass is 449 g/mol. The van der Waals surface area contributed by atoms with Crippen LogP contribution in [0.25, 0.3) is 10.9 Å². The Morgan fingerprint density at radius 1 is 1.19 bits per heavy atom. The molecule has 0 unspecified atom stereocenters. The summed E-state index contributed by atoms with van der Waals surface area (Å²) in [5.41, 5.74) is 7.13. The van der Waals surface area contributed by atoms with Gasteiger partial charge in [-0.15, -0.1) is 10.2 Å². The number of carbonyl (C=O) groups excluding carboxylic acids is 1. The molecular formula is C23H23N5OS2. The van der Waals surface area contributed by atoms with Crippen molar-refractivity contribution in [3.05, 3.63) is 64.8 Å². The number of nitrogens with zero attached hydrogens (tertiary/aromatic N) is 3. The lowest BCUT2D eigenvalue weighted by Gasteiger charge is -2.27. The summed E-state index contributed by atoms with van der Waals surface area (Å²) in [4.78, 5) is 18.3. The minimum absolute atomic E-state index is 0.139. The van der Waals surface area contributed by atoms with E-state index < -0.39 is 0 Å². The molecule has 158 valence electrons. The number of aryl methyl sites for hydroxylation is 2. The molecular weight excluding hydrogens is 426 g/mol. The summed E-state index contributed by atoms with van der Waals surface area (Å²) in [5.74, 6) is 0.510. The third-order valence-corrected chi connectivity index (χ3v) is 7.68. The lowest BCUT2D eigenvalue weighted by atomic mass is 10.0. The van der Waals surface area contributed by atoms with Crippen LogP contribution < -0.4 is 5.32 Å². The van der Waals surface area contributed by atoms with Crippen LogP contribution in [0.4, 0.5) is 10.8 Å². The Bertz CT molecular complexity index is 1260. The summed E-state index contributed by atoms with van der Waals surface area (Å²) in [6, 6.07) is 14.5. The van der Waals surface area contributed by atoms with Gasteiger partial charge in [-0.25, -0.2) is 0 Å². The Balaban J connectivity index is 1.20. The molecule has 0 saturated carbocycles. The first kappa shape index (κ1) is 20.1. The zero-order valence-electron chi connectivity index (χ0n) is 17.4. The van der Waals surface area contributed by atoms with E-state index in [1.165, 1.54) is 50.9 Å². The van der Waals surface area contributed by atoms with Gasteiger partial charge >= 0.3 is 0 Å². The van der Waals surface area contributed by atoms with E-state index >= 15 is 0 Å². The largest absolute Gasteiger partial charge is 0.358 e. The van der Waals surface area contributed by atoms with Gasteiger partial charge in [-0.1, -0.05) is 47.4 Å². The number of aromatic amines is 1. The van der Waals surface area contributed by atoms with Crippen molar-refractivity contribution in [1.29, 1.82) is 0 Å². The maximum atomic E-state index is 12.8. The predicted molar refractivity (Wildman–Crippen MR) is 127 cm³/mol. The number of thioether (sulfide) groups is 1. The second-order valence-corrected chi connectivity index (χ2v) is 9.98. The highest BCUT2D eigenvalue weighted by Gasteiger charge is 2.24. The first-order chi connectivity index (χ1) is 15.1. The van der Waals surface area contributed by atoms with Crippen LogP contribution in [0, 0.1) is 13.8 Å². The van der Waals surface area contributed by atoms with Crippen molar-refractivity contribution >= 4 is 50.7 Å². The average Bonchev–Trinajstić information content (AvgIpc) is 3.38. The zero-order chi connectivity index (χ0) is 21.4. The number of aromatic nitrogens is 3. The number of para-hydroxylation sites is 1. The molecule has 2 aromatic heterocycles. The minimum Gasteiger partial charge on any atom is -0.358 e. The summed E-state index contributed by atoms with van der Waals surface area (Å²) in [6.07, 6.45) is 0.864. The molecule has 6 nitrogen and oxygen atoms in total. The summed E-state index contributed by atoms with van der Waals surface area (Å²) >= 11 is 2.92. The van der Waals surface area contributed by atoms with Crippen LogP contribution in [0.1, 0.15) is 22.4 Å². The maximum absolute atomic E-state index is 12.8. The summed E-state index contributed by atoms with van der Waals surface area (Å²) in [6.45, 7) is 5.59. The SMILES string of the molecule is Cc1ccc(Nc2nnc(SCC(=O)N3CCc4[nH]c5ccccc5c4C3)s2)cc1C. The fraction of sp³-hybridized carbons (Fsp3) is 0.261. The molecule has 0 atom stereocenters. The highest BCUT2D eigenvalue weighted by atomic mass is 32.2. The van der Waals surface area contributed by atoms with Gasteiger partial charge in [0, 0.05) is 47.4 Å². The van der Waals surface area contributed by atoms with Crippen molar-refractivity contribution in [3.8, 4) is 0 Å². The molecule has 4 aromatic rings. The Morgan fingerprint density at radius 3 is 2.94 bits per heavy atom. The molecule has 0 bridgehead atoms. The van der Waals surface area contributed by atoms with Gasteiger partial charge in [-0.05, 0) is 43.2 Å². The fourth-order valence-electron chi connectivity index (χ4n) is 3.86. The van der Waals surface area contributed by atoms with Gasteiger partial charge in [0.25, 0.3) is 0 Å². The number of rotatable bonds is 5. The van der Waals surface area contributed by atoms with Crippen LogP contribution in [-0.4, -0.2) is 38.3 Å². The van der Waals surface area contributed by atoms with Crippen molar-refractivity contribution in [2.24, 2.45) is 0 Å². The smallest absolute Gasteiger partial charge is 0.233 e. The Morgan fingerprint density at radius 2 is 2.06 bits per heavy atom. The van der Waals surface area contributed by atoms with E-state index in [0.717, 1.165) is 33.6 Å². The van der Waals surface area contributed by atoms with Gasteiger partial charge in [0.15, 0.2) is 4.34 Å². The second-order valence-electron chi connectivity index (χ2n) is 7.78. The number of anilines is 2. The van der Waals surface area contributed by atoms with E-state index in [0.29, 0.717) is 12.3 Å². The van der Waals surface area contributed by atoms with Gasteiger partial charge in [0.1, 0.15) is 0 Å². The molecule has 0 spiro atoms. The van der Waals surface area contributed by atoms with Crippen LogP contribution in [0.3, 0.4) is 0 Å². The molecule has 8 heteroatoms.